The molecule has 2 aromatic carbocycles. The second-order valence-electron chi connectivity index (χ2n) is 4.31. The van der Waals surface area contributed by atoms with E-state index in [0.717, 1.165) is 41.2 Å². The molecule has 0 aliphatic heterocycles. The minimum atomic E-state index is 0.697. The fourth-order valence-corrected chi connectivity index (χ4v) is 2.55. The average molecular weight is 356 g/mol. The van der Waals surface area contributed by atoms with Crippen molar-refractivity contribution in [3.8, 4) is 17.2 Å². The Morgan fingerprint density at radius 2 is 1.65 bits per heavy atom. The van der Waals surface area contributed by atoms with Crippen molar-refractivity contribution in [2.24, 2.45) is 0 Å². The molecule has 2 rings (SSSR count). The molecule has 20 heavy (non-hydrogen) atoms. The SMILES string of the molecule is CCCOc1ccc(Oc2ccc(CBr)c(Cl)c2)cc1. The van der Waals surface area contributed by atoms with E-state index < -0.39 is 0 Å². The summed E-state index contributed by atoms with van der Waals surface area (Å²) in [6.45, 7) is 2.81. The summed E-state index contributed by atoms with van der Waals surface area (Å²) in [4.78, 5) is 0. The summed E-state index contributed by atoms with van der Waals surface area (Å²) in [6.07, 6.45) is 0.997. The van der Waals surface area contributed by atoms with Crippen LogP contribution in [0, 0.1) is 0 Å². The lowest BCUT2D eigenvalue weighted by atomic mass is 10.2. The van der Waals surface area contributed by atoms with Crippen molar-refractivity contribution in [2.75, 3.05) is 6.61 Å². The van der Waals surface area contributed by atoms with Gasteiger partial charge in [0.1, 0.15) is 17.2 Å². The van der Waals surface area contributed by atoms with Gasteiger partial charge in [0.2, 0.25) is 0 Å². The van der Waals surface area contributed by atoms with Crippen LogP contribution in [0.1, 0.15) is 18.9 Å². The highest BCUT2D eigenvalue weighted by Crippen LogP contribution is 2.28. The third-order valence-electron chi connectivity index (χ3n) is 2.70. The van der Waals surface area contributed by atoms with Crippen LogP contribution in [0.5, 0.6) is 17.2 Å². The Morgan fingerprint density at radius 3 is 2.25 bits per heavy atom. The molecule has 0 aliphatic rings. The minimum absolute atomic E-state index is 0.697. The Bertz CT molecular complexity index is 555. The van der Waals surface area contributed by atoms with E-state index in [1.165, 1.54) is 0 Å². The summed E-state index contributed by atoms with van der Waals surface area (Å²) in [5.74, 6) is 2.34. The maximum absolute atomic E-state index is 6.15. The van der Waals surface area contributed by atoms with E-state index in [9.17, 15) is 0 Å². The smallest absolute Gasteiger partial charge is 0.128 e. The van der Waals surface area contributed by atoms with E-state index in [1.54, 1.807) is 0 Å². The second kappa shape index (κ2) is 7.55. The molecule has 106 valence electrons. The van der Waals surface area contributed by atoms with Crippen LogP contribution in [-0.4, -0.2) is 6.61 Å². The van der Waals surface area contributed by atoms with Gasteiger partial charge in [-0.2, -0.15) is 0 Å². The average Bonchev–Trinajstić information content (AvgIpc) is 2.47. The molecule has 0 radical (unpaired) electrons. The normalized spacial score (nSPS) is 10.3. The van der Waals surface area contributed by atoms with Gasteiger partial charge in [0, 0.05) is 10.4 Å². The molecule has 0 spiro atoms. The van der Waals surface area contributed by atoms with E-state index >= 15 is 0 Å². The lowest BCUT2D eigenvalue weighted by molar-refractivity contribution is 0.317. The van der Waals surface area contributed by atoms with Crippen molar-refractivity contribution in [3.05, 3.63) is 53.1 Å². The molecule has 0 N–H and O–H groups in total. The molecule has 0 fully saturated rings. The van der Waals surface area contributed by atoms with E-state index in [1.807, 2.05) is 42.5 Å². The summed E-state index contributed by atoms with van der Waals surface area (Å²) < 4.78 is 11.3. The summed E-state index contributed by atoms with van der Waals surface area (Å²) in [7, 11) is 0. The molecule has 0 bridgehead atoms. The zero-order valence-corrected chi connectivity index (χ0v) is 13.6. The Morgan fingerprint density at radius 1 is 1.00 bits per heavy atom. The molecule has 0 amide bonds. The first-order valence-corrected chi connectivity index (χ1v) is 7.98. The molecule has 0 saturated carbocycles. The maximum atomic E-state index is 6.15. The monoisotopic (exact) mass is 354 g/mol. The first kappa shape index (κ1) is 15.2. The standard InChI is InChI=1S/C16H16BrClO2/c1-2-9-19-13-5-7-14(8-6-13)20-15-4-3-12(11-17)16(18)10-15/h3-8,10H,2,9,11H2,1H3. The van der Waals surface area contributed by atoms with Crippen molar-refractivity contribution in [2.45, 2.75) is 18.7 Å². The highest BCUT2D eigenvalue weighted by molar-refractivity contribution is 9.08. The molecule has 0 saturated heterocycles. The predicted molar refractivity (Wildman–Crippen MR) is 86.4 cm³/mol. The van der Waals surface area contributed by atoms with Gasteiger partial charge in [-0.3, -0.25) is 0 Å². The van der Waals surface area contributed by atoms with E-state index in [2.05, 4.69) is 22.9 Å². The zero-order valence-electron chi connectivity index (χ0n) is 11.2. The molecular formula is C16H16BrClO2. The molecule has 0 aromatic heterocycles. The van der Waals surface area contributed by atoms with Crippen molar-refractivity contribution in [1.82, 2.24) is 0 Å². The molecular weight excluding hydrogens is 340 g/mol. The Hall–Kier alpha value is -1.19. The molecule has 4 heteroatoms. The van der Waals surface area contributed by atoms with Crippen LogP contribution in [0.2, 0.25) is 5.02 Å². The topological polar surface area (TPSA) is 18.5 Å². The van der Waals surface area contributed by atoms with Gasteiger partial charge in [0.05, 0.1) is 6.61 Å². The van der Waals surface area contributed by atoms with Gasteiger partial charge in [-0.15, -0.1) is 0 Å². The van der Waals surface area contributed by atoms with Gasteiger partial charge in [-0.1, -0.05) is 40.5 Å². The lowest BCUT2D eigenvalue weighted by Crippen LogP contribution is -1.94. The highest BCUT2D eigenvalue weighted by atomic mass is 79.9. The van der Waals surface area contributed by atoms with Crippen molar-refractivity contribution < 1.29 is 9.47 Å². The number of hydrogen-bond donors (Lipinski definition) is 0. The van der Waals surface area contributed by atoms with E-state index in [0.29, 0.717) is 5.02 Å². The summed E-state index contributed by atoms with van der Waals surface area (Å²) in [5.41, 5.74) is 1.04. The van der Waals surface area contributed by atoms with Crippen LogP contribution in [-0.2, 0) is 5.33 Å². The van der Waals surface area contributed by atoms with Gasteiger partial charge in [0.15, 0.2) is 0 Å². The number of benzene rings is 2. The molecule has 2 nitrogen and oxygen atoms in total. The quantitative estimate of drug-likeness (QED) is 0.608. The number of halogens is 2. The number of ether oxygens (including phenoxy) is 2. The Kier molecular flexibility index (Phi) is 5.74. The second-order valence-corrected chi connectivity index (χ2v) is 5.28. The minimum Gasteiger partial charge on any atom is -0.494 e. The van der Waals surface area contributed by atoms with Crippen LogP contribution in [0.25, 0.3) is 0 Å². The molecule has 0 aliphatic carbocycles. The third-order valence-corrected chi connectivity index (χ3v) is 3.66. The van der Waals surface area contributed by atoms with Crippen LogP contribution >= 0.6 is 27.5 Å². The van der Waals surface area contributed by atoms with Crippen molar-refractivity contribution in [1.29, 1.82) is 0 Å². The fourth-order valence-electron chi connectivity index (χ4n) is 1.66. The first-order valence-electron chi connectivity index (χ1n) is 6.48. The third kappa shape index (κ3) is 4.15. The highest BCUT2D eigenvalue weighted by Gasteiger charge is 2.03. The van der Waals surface area contributed by atoms with Gasteiger partial charge in [-0.25, -0.2) is 0 Å². The summed E-state index contributed by atoms with van der Waals surface area (Å²) in [5, 5.41) is 1.43. The van der Waals surface area contributed by atoms with Gasteiger partial charge >= 0.3 is 0 Å². The Labute approximate surface area is 132 Å². The number of rotatable bonds is 6. The lowest BCUT2D eigenvalue weighted by Gasteiger charge is -2.09. The molecule has 0 heterocycles. The van der Waals surface area contributed by atoms with E-state index in [-0.39, 0.29) is 0 Å². The Balaban J connectivity index is 2.04. The van der Waals surface area contributed by atoms with Crippen molar-refractivity contribution >= 4 is 27.5 Å². The molecule has 0 atom stereocenters. The van der Waals surface area contributed by atoms with Gasteiger partial charge < -0.3 is 9.47 Å². The number of hydrogen-bond acceptors (Lipinski definition) is 2. The molecule has 2 aromatic rings. The summed E-state index contributed by atoms with van der Waals surface area (Å²) in [6, 6.07) is 13.3. The van der Waals surface area contributed by atoms with Gasteiger partial charge in [-0.05, 0) is 48.4 Å². The van der Waals surface area contributed by atoms with Crippen LogP contribution < -0.4 is 9.47 Å². The first-order chi connectivity index (χ1) is 9.72. The molecule has 0 unspecified atom stereocenters. The number of alkyl halides is 1. The van der Waals surface area contributed by atoms with Crippen LogP contribution in [0.4, 0.5) is 0 Å². The zero-order chi connectivity index (χ0) is 14.4. The largest absolute Gasteiger partial charge is 0.494 e. The fraction of sp³-hybridized carbons (Fsp3) is 0.250. The summed E-state index contributed by atoms with van der Waals surface area (Å²) >= 11 is 9.54. The predicted octanol–water partition coefficient (Wildman–Crippen LogP) is 5.82. The van der Waals surface area contributed by atoms with Crippen LogP contribution in [0.15, 0.2) is 42.5 Å². The van der Waals surface area contributed by atoms with Crippen molar-refractivity contribution in [3.63, 3.8) is 0 Å². The maximum Gasteiger partial charge on any atom is 0.128 e. The van der Waals surface area contributed by atoms with Gasteiger partial charge in [0.25, 0.3) is 0 Å². The van der Waals surface area contributed by atoms with Crippen LogP contribution in [0.3, 0.4) is 0 Å². The van der Waals surface area contributed by atoms with E-state index in [4.69, 9.17) is 21.1 Å².